The second kappa shape index (κ2) is 8.54. The van der Waals surface area contributed by atoms with Crippen molar-refractivity contribution in [3.8, 4) is 0 Å². The van der Waals surface area contributed by atoms with Gasteiger partial charge in [-0.25, -0.2) is 0 Å². The van der Waals surface area contributed by atoms with Gasteiger partial charge >= 0.3 is 23.9 Å². The molecule has 0 aliphatic heterocycles. The van der Waals surface area contributed by atoms with E-state index in [1.165, 1.54) is 6.92 Å². The Hall–Kier alpha value is -1.38. The van der Waals surface area contributed by atoms with Crippen LogP contribution in [0.1, 0.15) is 19.8 Å². The molecule has 0 aromatic carbocycles. The molecular weight excluding hydrogens is 402 g/mol. The molecule has 0 rings (SSSR count). The molecule has 7 nitrogen and oxygen atoms in total. The van der Waals surface area contributed by atoms with Crippen LogP contribution in [-0.4, -0.2) is 60.6 Å². The Bertz CT molecular complexity index is 597. The number of ether oxygens (including phenoxy) is 2. The Morgan fingerprint density at radius 2 is 1.62 bits per heavy atom. The molecule has 1 atom stereocenters. The lowest BCUT2D eigenvalue weighted by Gasteiger charge is -2.35. The van der Waals surface area contributed by atoms with E-state index in [1.807, 2.05) is 0 Å². The van der Waals surface area contributed by atoms with Gasteiger partial charge in [-0.1, -0.05) is 6.58 Å². The van der Waals surface area contributed by atoms with E-state index in [2.05, 4.69) is 16.1 Å². The van der Waals surface area contributed by atoms with Crippen LogP contribution in [0.25, 0.3) is 0 Å². The first-order valence-electron chi connectivity index (χ1n) is 6.68. The van der Waals surface area contributed by atoms with E-state index in [-0.39, 0.29) is 5.57 Å². The fourth-order valence-corrected chi connectivity index (χ4v) is 2.43. The van der Waals surface area contributed by atoms with E-state index in [0.717, 1.165) is 0 Å². The number of halogens is 6. The first-order valence-corrected chi connectivity index (χ1v) is 8.29. The predicted molar refractivity (Wildman–Crippen MR) is 73.4 cm³/mol. The highest BCUT2D eigenvalue weighted by atomic mass is 32.2. The summed E-state index contributed by atoms with van der Waals surface area (Å²) in [6, 6.07) is 0. The van der Waals surface area contributed by atoms with Crippen LogP contribution in [-0.2, 0) is 24.4 Å². The number of carbonyl (C=O) groups excluding carboxylic acids is 1. The molecule has 14 heteroatoms. The van der Waals surface area contributed by atoms with E-state index in [9.17, 15) is 44.7 Å². The van der Waals surface area contributed by atoms with Gasteiger partial charge in [0.25, 0.3) is 10.1 Å². The molecule has 2 N–H and O–H groups in total. The fraction of sp³-hybridized carbons (Fsp3) is 0.750. The lowest BCUT2D eigenvalue weighted by Crippen LogP contribution is -2.63. The van der Waals surface area contributed by atoms with Crippen molar-refractivity contribution in [2.24, 2.45) is 0 Å². The van der Waals surface area contributed by atoms with E-state index >= 15 is 0 Å². The summed E-state index contributed by atoms with van der Waals surface area (Å²) in [5.41, 5.74) is -5.27. The number of alkyl halides is 6. The monoisotopic (exact) mass is 418 g/mol. The molecule has 0 amide bonds. The second-order valence-corrected chi connectivity index (χ2v) is 6.65. The first kappa shape index (κ1) is 24.6. The van der Waals surface area contributed by atoms with Crippen LogP contribution in [0.4, 0.5) is 26.3 Å². The number of hydrogen-bond donors (Lipinski definition) is 2. The largest absolute Gasteiger partial charge is 0.438 e. The molecule has 154 valence electrons. The topological polar surface area (TPSA) is 110 Å². The van der Waals surface area contributed by atoms with Gasteiger partial charge in [-0.15, -0.1) is 0 Å². The minimum Gasteiger partial charge on any atom is -0.438 e. The fourth-order valence-electron chi connectivity index (χ4n) is 1.53. The number of rotatable bonds is 9. The minimum atomic E-state index is -6.37. The van der Waals surface area contributed by atoms with Crippen molar-refractivity contribution in [1.29, 1.82) is 0 Å². The molecule has 0 bridgehead atoms. The number of esters is 1. The van der Waals surface area contributed by atoms with Gasteiger partial charge in [0.1, 0.15) is 5.75 Å². The molecule has 26 heavy (non-hydrogen) atoms. The third kappa shape index (κ3) is 7.09. The van der Waals surface area contributed by atoms with Gasteiger partial charge in [-0.05, 0) is 18.9 Å². The molecule has 0 spiro atoms. The summed E-state index contributed by atoms with van der Waals surface area (Å²) in [4.78, 5) is 11.4. The summed E-state index contributed by atoms with van der Waals surface area (Å²) >= 11 is 0. The second-order valence-electron chi connectivity index (χ2n) is 5.20. The Morgan fingerprint density at radius 3 is 1.96 bits per heavy atom. The van der Waals surface area contributed by atoms with Crippen LogP contribution in [0, 0.1) is 0 Å². The zero-order valence-electron chi connectivity index (χ0n) is 13.2. The average Bonchev–Trinajstić information content (AvgIpc) is 2.38. The van der Waals surface area contributed by atoms with Crippen LogP contribution < -0.4 is 0 Å². The van der Waals surface area contributed by atoms with E-state index in [4.69, 9.17) is 4.55 Å². The van der Waals surface area contributed by atoms with Gasteiger partial charge in [0.15, 0.2) is 6.29 Å². The molecule has 0 aromatic rings. The van der Waals surface area contributed by atoms with Gasteiger partial charge in [0.2, 0.25) is 0 Å². The minimum absolute atomic E-state index is 0.161. The maximum Gasteiger partial charge on any atom is 0.438 e. The highest BCUT2D eigenvalue weighted by molar-refractivity contribution is 7.85. The van der Waals surface area contributed by atoms with Crippen LogP contribution in [0.2, 0.25) is 0 Å². The molecule has 0 saturated carbocycles. The lowest BCUT2D eigenvalue weighted by molar-refractivity contribution is -0.361. The summed E-state index contributed by atoms with van der Waals surface area (Å²) in [6.45, 7) is 4.24. The SMILES string of the molecule is C=C(C)[C@H](O)OCCCC(=O)OC(CS(=O)(=O)O)(C(F)(F)F)C(F)(F)F. The zero-order valence-corrected chi connectivity index (χ0v) is 14.0. The maximum atomic E-state index is 12.9. The molecule has 0 aromatic heterocycles. The van der Waals surface area contributed by atoms with Crippen molar-refractivity contribution in [2.45, 2.75) is 44.0 Å². The average molecular weight is 418 g/mol. The highest BCUT2D eigenvalue weighted by Crippen LogP contribution is 2.47. The molecule has 0 unspecified atom stereocenters. The molecule has 0 fully saturated rings. The molecular formula is C12H16F6O7S. The standard InChI is InChI=1S/C12H16F6O7S/c1-7(2)9(20)24-5-3-4-8(19)25-10(11(13,14)15,12(16,17)18)6-26(21,22)23/h9,20H,1,3-6H2,2H3,(H,21,22,23)/t9-/m1/s1. The van der Waals surface area contributed by atoms with Gasteiger partial charge in [-0.2, -0.15) is 34.8 Å². The first-order chi connectivity index (χ1) is 11.4. The summed E-state index contributed by atoms with van der Waals surface area (Å²) in [5.74, 6) is -4.97. The van der Waals surface area contributed by atoms with E-state index in [0.29, 0.717) is 0 Å². The van der Waals surface area contributed by atoms with Gasteiger partial charge < -0.3 is 14.6 Å². The summed E-state index contributed by atoms with van der Waals surface area (Å²) in [7, 11) is -5.82. The number of aliphatic hydroxyl groups is 1. The van der Waals surface area contributed by atoms with Crippen molar-refractivity contribution in [1.82, 2.24) is 0 Å². The van der Waals surface area contributed by atoms with Crippen molar-refractivity contribution in [3.05, 3.63) is 12.2 Å². The number of carbonyl (C=O) groups is 1. The van der Waals surface area contributed by atoms with Crippen molar-refractivity contribution < 1.29 is 58.7 Å². The van der Waals surface area contributed by atoms with Crippen LogP contribution in [0.3, 0.4) is 0 Å². The highest BCUT2D eigenvalue weighted by Gasteiger charge is 2.75. The maximum absolute atomic E-state index is 12.9. The van der Waals surface area contributed by atoms with Gasteiger partial charge in [0, 0.05) is 6.42 Å². The Balaban J connectivity index is 5.26. The zero-order chi connectivity index (χ0) is 21.0. The lowest BCUT2D eigenvalue weighted by atomic mass is 10.1. The summed E-state index contributed by atoms with van der Waals surface area (Å²) in [5, 5.41) is 9.19. The molecule has 0 aliphatic rings. The van der Waals surface area contributed by atoms with Crippen LogP contribution in [0.5, 0.6) is 0 Å². The molecule has 0 aliphatic carbocycles. The predicted octanol–water partition coefficient (Wildman–Crippen LogP) is 1.97. The molecule has 0 radical (unpaired) electrons. The number of aliphatic hydroxyl groups excluding tert-OH is 1. The quantitative estimate of drug-likeness (QED) is 0.147. The van der Waals surface area contributed by atoms with Crippen LogP contribution in [0.15, 0.2) is 12.2 Å². The van der Waals surface area contributed by atoms with E-state index < -0.39 is 65.5 Å². The Morgan fingerprint density at radius 1 is 1.15 bits per heavy atom. The van der Waals surface area contributed by atoms with Crippen LogP contribution >= 0.6 is 0 Å². The normalized spacial score (nSPS) is 14.8. The summed E-state index contributed by atoms with van der Waals surface area (Å²) in [6.07, 6.45) is -15.6. The Kier molecular flexibility index (Phi) is 8.09. The third-order valence-electron chi connectivity index (χ3n) is 2.81. The Labute approximate surface area is 144 Å². The third-order valence-corrected chi connectivity index (χ3v) is 3.58. The van der Waals surface area contributed by atoms with Gasteiger partial charge in [-0.3, -0.25) is 9.35 Å². The summed E-state index contributed by atoms with van der Waals surface area (Å²) < 4.78 is 115. The molecule has 0 heterocycles. The number of hydrogen-bond acceptors (Lipinski definition) is 6. The van der Waals surface area contributed by atoms with E-state index in [1.54, 1.807) is 0 Å². The van der Waals surface area contributed by atoms with Crippen molar-refractivity contribution in [3.63, 3.8) is 0 Å². The van der Waals surface area contributed by atoms with Gasteiger partial charge in [0.05, 0.1) is 6.61 Å². The van der Waals surface area contributed by atoms with Crippen molar-refractivity contribution >= 4 is 16.1 Å². The molecule has 0 saturated heterocycles. The van der Waals surface area contributed by atoms with Crippen molar-refractivity contribution in [2.75, 3.05) is 12.4 Å². The smallest absolute Gasteiger partial charge is 0.438 e.